The van der Waals surface area contributed by atoms with Gasteiger partial charge in [-0.15, -0.1) is 0 Å². The van der Waals surface area contributed by atoms with Crippen LogP contribution < -0.4 is 0 Å². The Morgan fingerprint density at radius 1 is 0.760 bits per heavy atom. The maximum Gasteiger partial charge on any atom is 0.123 e. The molecule has 0 bridgehead atoms. The van der Waals surface area contributed by atoms with Crippen LogP contribution in [0.4, 0.5) is 4.39 Å². The van der Waals surface area contributed by atoms with Crippen LogP contribution in [-0.4, -0.2) is 66.1 Å². The standard InChI is InChI=1S/C21H32FN3/c22-20-6-4-19(5-7-20)18-25-13-3-8-21(25)9-14-24(15-10-21)17-16-23-11-1-2-12-23/h4-7H,1-3,8-18H2. The van der Waals surface area contributed by atoms with Gasteiger partial charge >= 0.3 is 0 Å². The third-order valence-electron chi connectivity index (χ3n) is 6.75. The van der Waals surface area contributed by atoms with E-state index in [2.05, 4.69) is 14.7 Å². The van der Waals surface area contributed by atoms with Gasteiger partial charge in [-0.25, -0.2) is 4.39 Å². The van der Waals surface area contributed by atoms with Crippen molar-refractivity contribution in [1.29, 1.82) is 0 Å². The van der Waals surface area contributed by atoms with E-state index < -0.39 is 0 Å². The Kier molecular flexibility index (Phi) is 5.39. The number of hydrogen-bond donors (Lipinski definition) is 0. The van der Waals surface area contributed by atoms with Gasteiger partial charge in [0.2, 0.25) is 0 Å². The van der Waals surface area contributed by atoms with Crippen molar-refractivity contribution < 1.29 is 4.39 Å². The van der Waals surface area contributed by atoms with Gasteiger partial charge < -0.3 is 9.80 Å². The Morgan fingerprint density at radius 2 is 1.40 bits per heavy atom. The first-order valence-corrected chi connectivity index (χ1v) is 10.2. The molecular formula is C21H32FN3. The van der Waals surface area contributed by atoms with E-state index in [9.17, 15) is 4.39 Å². The van der Waals surface area contributed by atoms with Crippen LogP contribution in [0.3, 0.4) is 0 Å². The largest absolute Gasteiger partial charge is 0.302 e. The molecule has 0 unspecified atom stereocenters. The molecule has 0 aromatic heterocycles. The lowest BCUT2D eigenvalue weighted by molar-refractivity contribution is 0.0449. The number of likely N-dealkylation sites (tertiary alicyclic amines) is 3. The second-order valence-corrected chi connectivity index (χ2v) is 8.27. The maximum atomic E-state index is 13.2. The molecule has 0 N–H and O–H groups in total. The van der Waals surface area contributed by atoms with Gasteiger partial charge in [0.15, 0.2) is 0 Å². The summed E-state index contributed by atoms with van der Waals surface area (Å²) in [5.74, 6) is -0.133. The number of piperidine rings is 1. The molecule has 0 atom stereocenters. The normalized spacial score (nSPS) is 25.2. The zero-order chi connectivity index (χ0) is 17.1. The second kappa shape index (κ2) is 7.73. The number of hydrogen-bond acceptors (Lipinski definition) is 3. The zero-order valence-corrected chi connectivity index (χ0v) is 15.4. The Morgan fingerprint density at radius 3 is 2.08 bits per heavy atom. The molecule has 3 fully saturated rings. The van der Waals surface area contributed by atoms with Crippen molar-refractivity contribution in [1.82, 2.24) is 14.7 Å². The summed E-state index contributed by atoms with van der Waals surface area (Å²) >= 11 is 0. The lowest BCUT2D eigenvalue weighted by Gasteiger charge is -2.45. The Hall–Kier alpha value is -0.970. The summed E-state index contributed by atoms with van der Waals surface area (Å²) in [5.41, 5.74) is 1.65. The molecule has 1 aromatic carbocycles. The minimum absolute atomic E-state index is 0.133. The molecular weight excluding hydrogens is 313 g/mol. The van der Waals surface area contributed by atoms with Crippen molar-refractivity contribution in [2.45, 2.75) is 50.6 Å². The van der Waals surface area contributed by atoms with Crippen molar-refractivity contribution >= 4 is 0 Å². The first-order valence-electron chi connectivity index (χ1n) is 10.2. The number of rotatable bonds is 5. The van der Waals surface area contributed by atoms with Crippen molar-refractivity contribution in [3.63, 3.8) is 0 Å². The van der Waals surface area contributed by atoms with Crippen molar-refractivity contribution in [3.8, 4) is 0 Å². The summed E-state index contributed by atoms with van der Waals surface area (Å²) in [6, 6.07) is 7.09. The molecule has 3 nitrogen and oxygen atoms in total. The van der Waals surface area contributed by atoms with E-state index >= 15 is 0 Å². The molecule has 25 heavy (non-hydrogen) atoms. The first-order chi connectivity index (χ1) is 12.2. The third-order valence-corrected chi connectivity index (χ3v) is 6.75. The number of benzene rings is 1. The van der Waals surface area contributed by atoms with Crippen LogP contribution in [0, 0.1) is 5.82 Å². The Bertz CT molecular complexity index is 545. The maximum absolute atomic E-state index is 13.2. The molecule has 3 aliphatic heterocycles. The SMILES string of the molecule is Fc1ccc(CN2CCCC23CCN(CCN2CCCC2)CC3)cc1. The van der Waals surface area contributed by atoms with Gasteiger partial charge in [0.25, 0.3) is 0 Å². The fourth-order valence-corrected chi connectivity index (χ4v) is 5.10. The summed E-state index contributed by atoms with van der Waals surface area (Å²) in [6.07, 6.45) is 8.04. The van der Waals surface area contributed by atoms with Gasteiger partial charge in [-0.1, -0.05) is 12.1 Å². The first kappa shape index (κ1) is 17.4. The third kappa shape index (κ3) is 4.07. The average molecular weight is 346 g/mol. The van der Waals surface area contributed by atoms with E-state index in [0.717, 1.165) is 6.54 Å². The zero-order valence-electron chi connectivity index (χ0n) is 15.4. The van der Waals surface area contributed by atoms with Gasteiger partial charge in [0, 0.05) is 25.2 Å². The van der Waals surface area contributed by atoms with Crippen LogP contribution in [0.15, 0.2) is 24.3 Å². The van der Waals surface area contributed by atoms with Crippen molar-refractivity contribution in [2.24, 2.45) is 0 Å². The Balaban J connectivity index is 1.30. The van der Waals surface area contributed by atoms with Crippen LogP contribution in [0.5, 0.6) is 0 Å². The van der Waals surface area contributed by atoms with Crippen LogP contribution >= 0.6 is 0 Å². The van der Waals surface area contributed by atoms with Crippen molar-refractivity contribution in [3.05, 3.63) is 35.6 Å². The minimum Gasteiger partial charge on any atom is -0.302 e. The molecule has 0 radical (unpaired) electrons. The van der Waals surface area contributed by atoms with Gasteiger partial charge in [-0.2, -0.15) is 0 Å². The fourth-order valence-electron chi connectivity index (χ4n) is 5.10. The molecule has 3 saturated heterocycles. The highest BCUT2D eigenvalue weighted by molar-refractivity contribution is 5.17. The summed E-state index contributed by atoms with van der Waals surface area (Å²) in [4.78, 5) is 8.00. The van der Waals surface area contributed by atoms with E-state index in [1.165, 1.54) is 89.9 Å². The van der Waals surface area contributed by atoms with Crippen LogP contribution in [-0.2, 0) is 6.54 Å². The van der Waals surface area contributed by atoms with E-state index in [1.807, 2.05) is 12.1 Å². The molecule has 0 amide bonds. The van der Waals surface area contributed by atoms with Gasteiger partial charge in [0.1, 0.15) is 5.82 Å². The van der Waals surface area contributed by atoms with E-state index in [0.29, 0.717) is 5.54 Å². The molecule has 0 saturated carbocycles. The number of halogens is 1. The highest BCUT2D eigenvalue weighted by atomic mass is 19.1. The predicted molar refractivity (Wildman–Crippen MR) is 100 cm³/mol. The highest BCUT2D eigenvalue weighted by Gasteiger charge is 2.42. The average Bonchev–Trinajstić information content (AvgIpc) is 3.28. The fraction of sp³-hybridized carbons (Fsp3) is 0.714. The van der Waals surface area contributed by atoms with E-state index in [4.69, 9.17) is 0 Å². The highest BCUT2D eigenvalue weighted by Crippen LogP contribution is 2.39. The second-order valence-electron chi connectivity index (χ2n) is 8.27. The minimum atomic E-state index is -0.133. The lowest BCUT2D eigenvalue weighted by atomic mass is 9.84. The molecule has 0 aliphatic carbocycles. The van der Waals surface area contributed by atoms with Crippen LogP contribution in [0.2, 0.25) is 0 Å². The van der Waals surface area contributed by atoms with Gasteiger partial charge in [0.05, 0.1) is 0 Å². The summed E-state index contributed by atoms with van der Waals surface area (Å²) < 4.78 is 13.2. The van der Waals surface area contributed by atoms with E-state index in [1.54, 1.807) is 12.1 Å². The molecule has 1 aromatic rings. The van der Waals surface area contributed by atoms with Crippen LogP contribution in [0.1, 0.15) is 44.1 Å². The van der Waals surface area contributed by atoms with Gasteiger partial charge in [-0.05, 0) is 88.9 Å². The molecule has 3 aliphatic rings. The quantitative estimate of drug-likeness (QED) is 0.810. The van der Waals surface area contributed by atoms with Crippen LogP contribution in [0.25, 0.3) is 0 Å². The Labute approximate surface area is 151 Å². The summed E-state index contributed by atoms with van der Waals surface area (Å²) in [5, 5.41) is 0. The monoisotopic (exact) mass is 345 g/mol. The van der Waals surface area contributed by atoms with Crippen molar-refractivity contribution in [2.75, 3.05) is 45.8 Å². The molecule has 138 valence electrons. The van der Waals surface area contributed by atoms with Gasteiger partial charge in [-0.3, -0.25) is 4.90 Å². The summed E-state index contributed by atoms with van der Waals surface area (Å²) in [6.45, 7) is 9.79. The molecule has 1 spiro atoms. The predicted octanol–water partition coefficient (Wildman–Crippen LogP) is 3.35. The lowest BCUT2D eigenvalue weighted by Crippen LogP contribution is -2.52. The number of nitrogens with zero attached hydrogens (tertiary/aromatic N) is 3. The smallest absolute Gasteiger partial charge is 0.123 e. The summed E-state index contributed by atoms with van der Waals surface area (Å²) in [7, 11) is 0. The molecule has 3 heterocycles. The molecule has 4 heteroatoms. The van der Waals surface area contributed by atoms with E-state index in [-0.39, 0.29) is 5.82 Å². The topological polar surface area (TPSA) is 9.72 Å². The molecule has 4 rings (SSSR count).